The largest absolute Gasteiger partial charge is 0.377 e. The van der Waals surface area contributed by atoms with Gasteiger partial charge in [0.15, 0.2) is 5.78 Å². The summed E-state index contributed by atoms with van der Waals surface area (Å²) in [5.41, 5.74) is 12.9. The van der Waals surface area contributed by atoms with Crippen LogP contribution < -0.4 is 5.73 Å². The Morgan fingerprint density at radius 2 is 1.92 bits per heavy atom. The van der Waals surface area contributed by atoms with Crippen molar-refractivity contribution in [3.05, 3.63) is 58.8 Å². The van der Waals surface area contributed by atoms with E-state index in [0.29, 0.717) is 45.6 Å². The first kappa shape index (κ1) is 26.9. The molecule has 0 fully saturated rings. The molecule has 0 saturated carbocycles. The summed E-state index contributed by atoms with van der Waals surface area (Å²) in [5, 5.41) is 0. The molecule has 0 unspecified atom stereocenters. The Kier molecular flexibility index (Phi) is 8.28. The second-order valence-electron chi connectivity index (χ2n) is 10.1. The average Bonchev–Trinajstić information content (AvgIpc) is 3.37. The minimum absolute atomic E-state index is 0.0879. The quantitative estimate of drug-likeness (QED) is 0.376. The molecule has 5 heterocycles. The molecule has 1 amide bonds. The minimum Gasteiger partial charge on any atom is -0.377 e. The fourth-order valence-electron chi connectivity index (χ4n) is 4.89. The third-order valence-electron chi connectivity index (χ3n) is 6.90. The predicted octanol–water partition coefficient (Wildman–Crippen LogP) is 5.46. The monoisotopic (exact) mass is 543 g/mol. The van der Waals surface area contributed by atoms with Crippen molar-refractivity contribution in [2.45, 2.75) is 46.0 Å². The van der Waals surface area contributed by atoms with E-state index in [9.17, 15) is 9.59 Å². The normalized spacial score (nSPS) is 15.6. The van der Waals surface area contributed by atoms with Gasteiger partial charge in [-0.1, -0.05) is 17.7 Å². The summed E-state index contributed by atoms with van der Waals surface area (Å²) in [7, 11) is 0. The van der Waals surface area contributed by atoms with Gasteiger partial charge in [0.2, 0.25) is 11.9 Å². The van der Waals surface area contributed by atoms with Gasteiger partial charge < -0.3 is 15.4 Å². The predicted molar refractivity (Wildman–Crippen MR) is 156 cm³/mol. The van der Waals surface area contributed by atoms with Crippen LogP contribution in [0, 0.1) is 0 Å². The minimum atomic E-state index is 0.0879. The zero-order valence-electron chi connectivity index (χ0n) is 22.4. The van der Waals surface area contributed by atoms with Crippen LogP contribution >= 0.6 is 11.3 Å². The molecule has 0 atom stereocenters. The smallest absolute Gasteiger partial charge is 0.222 e. The lowest BCUT2D eigenvalue weighted by Gasteiger charge is -2.26. The van der Waals surface area contributed by atoms with Gasteiger partial charge >= 0.3 is 0 Å². The van der Waals surface area contributed by atoms with E-state index in [2.05, 4.69) is 34.3 Å². The van der Waals surface area contributed by atoms with Crippen molar-refractivity contribution >= 4 is 50.3 Å². The number of ether oxygens (including phenoxy) is 1. The van der Waals surface area contributed by atoms with Crippen LogP contribution in [-0.4, -0.2) is 57.8 Å². The summed E-state index contributed by atoms with van der Waals surface area (Å²) in [5.74, 6) is 0.432. The Balaban J connectivity index is 1.35. The Labute approximate surface area is 232 Å². The highest BCUT2D eigenvalue weighted by atomic mass is 32.1. The van der Waals surface area contributed by atoms with Crippen molar-refractivity contribution in [2.24, 2.45) is 0 Å². The standard InChI is InChI=1S/C30H33N5O3S/c1-19(2)14-23(36)4-3-5-28(37)35-10-6-21(7-11-35)27-16-26-29(39-27)24(20-8-12-38-13-9-20)15-25(34-26)22-17-32-30(31)33-18-22/h6,8,14-18H,3-5,7,9-13H2,1-2H3,(H2,31,32,33). The molecule has 9 heteroatoms. The number of ketones is 1. The van der Waals surface area contributed by atoms with Crippen molar-refractivity contribution in [3.63, 3.8) is 0 Å². The van der Waals surface area contributed by atoms with Gasteiger partial charge in [-0.15, -0.1) is 11.3 Å². The number of pyridine rings is 1. The zero-order valence-corrected chi connectivity index (χ0v) is 23.2. The summed E-state index contributed by atoms with van der Waals surface area (Å²) in [6.45, 7) is 6.38. The van der Waals surface area contributed by atoms with E-state index in [1.165, 1.54) is 21.6 Å². The molecule has 2 aliphatic rings. The van der Waals surface area contributed by atoms with Gasteiger partial charge in [-0.3, -0.25) is 9.59 Å². The molecule has 0 spiro atoms. The van der Waals surface area contributed by atoms with Gasteiger partial charge in [0, 0.05) is 48.8 Å². The number of nitrogens with two attached hydrogens (primary N) is 1. The molecule has 0 bridgehead atoms. The summed E-state index contributed by atoms with van der Waals surface area (Å²) in [4.78, 5) is 40.9. The van der Waals surface area contributed by atoms with Gasteiger partial charge in [0.1, 0.15) is 0 Å². The van der Waals surface area contributed by atoms with Gasteiger partial charge in [-0.2, -0.15) is 0 Å². The van der Waals surface area contributed by atoms with Crippen molar-refractivity contribution < 1.29 is 14.3 Å². The van der Waals surface area contributed by atoms with Crippen LogP contribution in [0.15, 0.2) is 48.3 Å². The number of carbonyl (C=O) groups is 2. The van der Waals surface area contributed by atoms with Crippen molar-refractivity contribution in [1.82, 2.24) is 19.9 Å². The lowest BCUT2D eigenvalue weighted by Crippen LogP contribution is -2.34. The number of aromatic nitrogens is 3. The SMILES string of the molecule is CC(C)=CC(=O)CCCC(=O)N1CC=C(c2cc3nc(-c4cnc(N)nc4)cc(C4=CCOCC4)c3s2)CC1. The van der Waals surface area contributed by atoms with Crippen LogP contribution in [-0.2, 0) is 14.3 Å². The van der Waals surface area contributed by atoms with E-state index < -0.39 is 0 Å². The van der Waals surface area contributed by atoms with Crippen LogP contribution in [0.1, 0.15) is 56.4 Å². The zero-order chi connectivity index (χ0) is 27.4. The summed E-state index contributed by atoms with van der Waals surface area (Å²) in [6.07, 6.45) is 12.4. The van der Waals surface area contributed by atoms with Crippen LogP contribution in [0.2, 0.25) is 0 Å². The van der Waals surface area contributed by atoms with E-state index in [0.717, 1.165) is 39.9 Å². The van der Waals surface area contributed by atoms with Gasteiger partial charge in [0.05, 0.1) is 29.1 Å². The van der Waals surface area contributed by atoms with Gasteiger partial charge in [0.25, 0.3) is 0 Å². The van der Waals surface area contributed by atoms with E-state index in [1.807, 2.05) is 18.7 Å². The van der Waals surface area contributed by atoms with Crippen LogP contribution in [0.3, 0.4) is 0 Å². The van der Waals surface area contributed by atoms with Crippen LogP contribution in [0.4, 0.5) is 5.95 Å². The molecular weight excluding hydrogens is 510 g/mol. The summed E-state index contributed by atoms with van der Waals surface area (Å²) >= 11 is 1.75. The van der Waals surface area contributed by atoms with E-state index in [-0.39, 0.29) is 17.6 Å². The first-order chi connectivity index (χ1) is 18.9. The van der Waals surface area contributed by atoms with Crippen LogP contribution in [0.5, 0.6) is 0 Å². The molecule has 0 radical (unpaired) electrons. The topological polar surface area (TPSA) is 111 Å². The maximum atomic E-state index is 12.7. The van der Waals surface area contributed by atoms with E-state index in [1.54, 1.807) is 29.8 Å². The number of rotatable bonds is 8. The maximum Gasteiger partial charge on any atom is 0.222 e. The molecule has 0 aliphatic carbocycles. The highest BCUT2D eigenvalue weighted by Crippen LogP contribution is 2.39. The second kappa shape index (κ2) is 12.0. The highest BCUT2D eigenvalue weighted by molar-refractivity contribution is 7.20. The molecule has 3 aromatic rings. The fourth-order valence-corrected chi connectivity index (χ4v) is 6.11. The molecule has 202 valence electrons. The summed E-state index contributed by atoms with van der Waals surface area (Å²) in [6, 6.07) is 4.27. The number of hydrogen-bond acceptors (Lipinski definition) is 8. The molecule has 39 heavy (non-hydrogen) atoms. The molecule has 3 aromatic heterocycles. The maximum absolute atomic E-state index is 12.7. The van der Waals surface area contributed by atoms with Crippen molar-refractivity contribution in [3.8, 4) is 11.3 Å². The average molecular weight is 544 g/mol. The number of hydrogen-bond donors (Lipinski definition) is 1. The van der Waals surface area contributed by atoms with Crippen molar-refractivity contribution in [1.29, 1.82) is 0 Å². The van der Waals surface area contributed by atoms with E-state index >= 15 is 0 Å². The number of nitrogens with zero attached hydrogens (tertiary/aromatic N) is 4. The van der Waals surface area contributed by atoms with Crippen molar-refractivity contribution in [2.75, 3.05) is 32.0 Å². The number of carbonyl (C=O) groups excluding carboxylic acids is 2. The summed E-state index contributed by atoms with van der Waals surface area (Å²) < 4.78 is 6.71. The molecular formula is C30H33N5O3S. The third-order valence-corrected chi connectivity index (χ3v) is 8.13. The first-order valence-corrected chi connectivity index (χ1v) is 14.1. The third kappa shape index (κ3) is 6.49. The van der Waals surface area contributed by atoms with Crippen LogP contribution in [0.25, 0.3) is 32.6 Å². The number of anilines is 1. The van der Waals surface area contributed by atoms with Gasteiger partial charge in [-0.25, -0.2) is 15.0 Å². The molecule has 8 nitrogen and oxygen atoms in total. The Morgan fingerprint density at radius 3 is 2.62 bits per heavy atom. The second-order valence-corrected chi connectivity index (χ2v) is 11.2. The highest BCUT2D eigenvalue weighted by Gasteiger charge is 2.21. The first-order valence-electron chi connectivity index (χ1n) is 13.3. The number of thiophene rings is 1. The molecule has 0 saturated heterocycles. The number of allylic oxidation sites excluding steroid dienone is 2. The molecule has 5 rings (SSSR count). The van der Waals surface area contributed by atoms with E-state index in [4.69, 9.17) is 15.5 Å². The molecule has 2 aliphatic heterocycles. The Morgan fingerprint density at radius 1 is 1.10 bits per heavy atom. The number of fused-ring (bicyclic) bond motifs is 1. The Hall–Kier alpha value is -3.69. The number of amides is 1. The molecule has 0 aromatic carbocycles. The fraction of sp³-hybridized carbons (Fsp3) is 0.367. The molecule has 2 N–H and O–H groups in total. The lowest BCUT2D eigenvalue weighted by atomic mass is 9.99. The lowest BCUT2D eigenvalue weighted by molar-refractivity contribution is -0.130. The number of nitrogen functional groups attached to an aromatic ring is 1. The Bertz CT molecular complexity index is 1480. The van der Waals surface area contributed by atoms with Gasteiger partial charge in [-0.05, 0) is 68.0 Å².